The van der Waals surface area contributed by atoms with Gasteiger partial charge in [-0.15, -0.1) is 0 Å². The standard InChI is InChI=1S/C10H15NO4S/c1-11(2)16(13,14)10-5-4-9(15-3)6-8(10)7-12/h4-6,12H,7H2,1-3H3. The summed E-state index contributed by atoms with van der Waals surface area (Å²) in [5.74, 6) is 0.516. The fraction of sp³-hybridized carbons (Fsp3) is 0.400. The molecule has 0 spiro atoms. The van der Waals surface area contributed by atoms with Crippen molar-refractivity contribution in [2.24, 2.45) is 0 Å². The van der Waals surface area contributed by atoms with Gasteiger partial charge in [0, 0.05) is 19.7 Å². The van der Waals surface area contributed by atoms with Gasteiger partial charge in [-0.2, -0.15) is 0 Å². The summed E-state index contributed by atoms with van der Waals surface area (Å²) < 4.78 is 29.8. The third kappa shape index (κ3) is 2.34. The van der Waals surface area contributed by atoms with Gasteiger partial charge in [0.05, 0.1) is 18.6 Å². The minimum atomic E-state index is -3.53. The number of nitrogens with zero attached hydrogens (tertiary/aromatic N) is 1. The van der Waals surface area contributed by atoms with Crippen LogP contribution in [0.5, 0.6) is 5.75 Å². The van der Waals surface area contributed by atoms with Crippen LogP contribution in [0.1, 0.15) is 5.56 Å². The highest BCUT2D eigenvalue weighted by atomic mass is 32.2. The van der Waals surface area contributed by atoms with E-state index in [1.54, 1.807) is 6.07 Å². The van der Waals surface area contributed by atoms with Crippen LogP contribution in [0.3, 0.4) is 0 Å². The molecular weight excluding hydrogens is 230 g/mol. The zero-order valence-electron chi connectivity index (χ0n) is 9.47. The monoisotopic (exact) mass is 245 g/mol. The molecule has 5 nitrogen and oxygen atoms in total. The van der Waals surface area contributed by atoms with Gasteiger partial charge in [-0.1, -0.05) is 0 Å². The van der Waals surface area contributed by atoms with Crippen molar-refractivity contribution in [1.29, 1.82) is 0 Å². The number of hydrogen-bond donors (Lipinski definition) is 1. The summed E-state index contributed by atoms with van der Waals surface area (Å²) in [5, 5.41) is 9.14. The van der Waals surface area contributed by atoms with Gasteiger partial charge < -0.3 is 9.84 Å². The van der Waals surface area contributed by atoms with Crippen LogP contribution < -0.4 is 4.74 Å². The van der Waals surface area contributed by atoms with Gasteiger partial charge >= 0.3 is 0 Å². The molecule has 0 radical (unpaired) electrons. The summed E-state index contributed by atoms with van der Waals surface area (Å²) >= 11 is 0. The Morgan fingerprint density at radius 1 is 1.38 bits per heavy atom. The van der Waals surface area contributed by atoms with Gasteiger partial charge in [0.25, 0.3) is 0 Å². The SMILES string of the molecule is COc1ccc(S(=O)(=O)N(C)C)c(CO)c1. The van der Waals surface area contributed by atoms with E-state index < -0.39 is 10.0 Å². The molecule has 0 aromatic heterocycles. The molecule has 16 heavy (non-hydrogen) atoms. The van der Waals surface area contributed by atoms with Crippen molar-refractivity contribution in [1.82, 2.24) is 4.31 Å². The number of aliphatic hydroxyl groups is 1. The molecular formula is C10H15NO4S. The number of ether oxygens (including phenoxy) is 1. The summed E-state index contributed by atoms with van der Waals surface area (Å²) in [6.45, 7) is -0.348. The van der Waals surface area contributed by atoms with E-state index in [0.717, 1.165) is 4.31 Å². The van der Waals surface area contributed by atoms with E-state index in [-0.39, 0.29) is 11.5 Å². The minimum Gasteiger partial charge on any atom is -0.497 e. The van der Waals surface area contributed by atoms with Gasteiger partial charge in [0.1, 0.15) is 5.75 Å². The van der Waals surface area contributed by atoms with Crippen LogP contribution in [0.15, 0.2) is 23.1 Å². The Hall–Kier alpha value is -1.11. The van der Waals surface area contributed by atoms with Crippen molar-refractivity contribution in [2.45, 2.75) is 11.5 Å². The molecule has 1 rings (SSSR count). The number of hydrogen-bond acceptors (Lipinski definition) is 4. The van der Waals surface area contributed by atoms with Gasteiger partial charge in [-0.05, 0) is 18.2 Å². The largest absolute Gasteiger partial charge is 0.497 e. The third-order valence-electron chi connectivity index (χ3n) is 2.20. The van der Waals surface area contributed by atoms with Crippen molar-refractivity contribution in [2.75, 3.05) is 21.2 Å². The Morgan fingerprint density at radius 2 is 2.00 bits per heavy atom. The Morgan fingerprint density at radius 3 is 2.44 bits per heavy atom. The van der Waals surface area contributed by atoms with Crippen LogP contribution in [-0.2, 0) is 16.6 Å². The Kier molecular flexibility index (Phi) is 3.90. The van der Waals surface area contributed by atoms with E-state index in [4.69, 9.17) is 9.84 Å². The van der Waals surface area contributed by atoms with E-state index in [2.05, 4.69) is 0 Å². The molecule has 0 amide bonds. The molecule has 1 aromatic carbocycles. The summed E-state index contributed by atoms with van der Waals surface area (Å²) in [4.78, 5) is 0.0980. The average Bonchev–Trinajstić information content (AvgIpc) is 2.27. The lowest BCUT2D eigenvalue weighted by Gasteiger charge is -2.14. The van der Waals surface area contributed by atoms with Crippen LogP contribution in [-0.4, -0.2) is 39.0 Å². The minimum absolute atomic E-state index is 0.0980. The van der Waals surface area contributed by atoms with Gasteiger partial charge in [0.15, 0.2) is 0 Å². The predicted octanol–water partition coefficient (Wildman–Crippen LogP) is 0.438. The zero-order valence-corrected chi connectivity index (χ0v) is 10.3. The second-order valence-electron chi connectivity index (χ2n) is 3.42. The molecule has 0 atom stereocenters. The highest BCUT2D eigenvalue weighted by molar-refractivity contribution is 7.89. The second kappa shape index (κ2) is 4.82. The van der Waals surface area contributed by atoms with E-state index >= 15 is 0 Å². The van der Waals surface area contributed by atoms with Crippen LogP contribution in [0.2, 0.25) is 0 Å². The first-order valence-corrected chi connectivity index (χ1v) is 6.07. The molecule has 90 valence electrons. The number of rotatable bonds is 4. The van der Waals surface area contributed by atoms with E-state index in [1.165, 1.54) is 33.3 Å². The molecule has 0 aliphatic rings. The van der Waals surface area contributed by atoms with Crippen LogP contribution in [0.25, 0.3) is 0 Å². The molecule has 1 N–H and O–H groups in total. The topological polar surface area (TPSA) is 66.8 Å². The van der Waals surface area contributed by atoms with E-state index in [0.29, 0.717) is 11.3 Å². The van der Waals surface area contributed by atoms with Crippen LogP contribution in [0, 0.1) is 0 Å². The molecule has 0 bridgehead atoms. The fourth-order valence-electron chi connectivity index (χ4n) is 1.25. The lowest BCUT2D eigenvalue weighted by Crippen LogP contribution is -2.23. The molecule has 0 unspecified atom stereocenters. The Balaban J connectivity index is 3.35. The lowest BCUT2D eigenvalue weighted by atomic mass is 10.2. The van der Waals surface area contributed by atoms with Crippen molar-refractivity contribution >= 4 is 10.0 Å². The number of methoxy groups -OCH3 is 1. The maximum absolute atomic E-state index is 11.9. The average molecular weight is 245 g/mol. The van der Waals surface area contributed by atoms with Crippen molar-refractivity contribution < 1.29 is 18.3 Å². The number of aliphatic hydroxyl groups excluding tert-OH is 1. The number of benzene rings is 1. The van der Waals surface area contributed by atoms with Gasteiger partial charge in [-0.25, -0.2) is 12.7 Å². The van der Waals surface area contributed by atoms with Gasteiger partial charge in [0.2, 0.25) is 10.0 Å². The first kappa shape index (κ1) is 13.0. The van der Waals surface area contributed by atoms with Crippen LogP contribution >= 0.6 is 0 Å². The smallest absolute Gasteiger partial charge is 0.242 e. The van der Waals surface area contributed by atoms with Crippen LogP contribution in [0.4, 0.5) is 0 Å². The van der Waals surface area contributed by atoms with Crippen molar-refractivity contribution in [3.8, 4) is 5.75 Å². The zero-order chi connectivity index (χ0) is 12.3. The second-order valence-corrected chi connectivity index (χ2v) is 5.54. The first-order valence-electron chi connectivity index (χ1n) is 4.63. The van der Waals surface area contributed by atoms with Crippen molar-refractivity contribution in [3.05, 3.63) is 23.8 Å². The van der Waals surface area contributed by atoms with Gasteiger partial charge in [-0.3, -0.25) is 0 Å². The summed E-state index contributed by atoms with van der Waals surface area (Å²) in [7, 11) is 0.846. The third-order valence-corrected chi connectivity index (χ3v) is 4.11. The summed E-state index contributed by atoms with van der Waals surface area (Å²) in [5.41, 5.74) is 0.327. The molecule has 0 saturated heterocycles. The summed E-state index contributed by atoms with van der Waals surface area (Å²) in [6, 6.07) is 4.49. The highest BCUT2D eigenvalue weighted by Crippen LogP contribution is 2.23. The lowest BCUT2D eigenvalue weighted by molar-refractivity contribution is 0.277. The Labute approximate surface area is 95.3 Å². The molecule has 0 aliphatic heterocycles. The maximum atomic E-state index is 11.9. The normalized spacial score (nSPS) is 11.8. The van der Waals surface area contributed by atoms with E-state index in [1.807, 2.05) is 0 Å². The molecule has 0 fully saturated rings. The predicted molar refractivity (Wildman–Crippen MR) is 59.8 cm³/mol. The Bertz CT molecular complexity index is 468. The highest BCUT2D eigenvalue weighted by Gasteiger charge is 2.21. The molecule has 0 heterocycles. The maximum Gasteiger partial charge on any atom is 0.242 e. The quantitative estimate of drug-likeness (QED) is 0.835. The summed E-state index contributed by atoms with van der Waals surface area (Å²) in [6.07, 6.45) is 0. The van der Waals surface area contributed by atoms with Crippen molar-refractivity contribution in [3.63, 3.8) is 0 Å². The first-order chi connectivity index (χ1) is 7.43. The molecule has 0 saturated carbocycles. The molecule has 6 heteroatoms. The molecule has 0 aliphatic carbocycles. The van der Waals surface area contributed by atoms with E-state index in [9.17, 15) is 8.42 Å². The number of sulfonamides is 1. The molecule has 1 aromatic rings. The fourth-order valence-corrected chi connectivity index (χ4v) is 2.34.